The third-order valence-corrected chi connectivity index (χ3v) is 4.12. The summed E-state index contributed by atoms with van der Waals surface area (Å²) in [5, 5.41) is 1.55. The van der Waals surface area contributed by atoms with Gasteiger partial charge in [0.15, 0.2) is 0 Å². The van der Waals surface area contributed by atoms with Crippen molar-refractivity contribution >= 4 is 5.70 Å². The Kier molecular flexibility index (Phi) is 4.96. The summed E-state index contributed by atoms with van der Waals surface area (Å²) in [6.07, 6.45) is 3.65. The molecule has 23 heavy (non-hydrogen) atoms. The first kappa shape index (κ1) is 16.9. The molecule has 0 unspecified atom stereocenters. The van der Waals surface area contributed by atoms with E-state index in [-0.39, 0.29) is 0 Å². The van der Waals surface area contributed by atoms with E-state index in [1.165, 1.54) is 5.56 Å². The topological polar surface area (TPSA) is 58.5 Å². The lowest BCUT2D eigenvalue weighted by Crippen LogP contribution is -2.35. The molecule has 0 aromatic heterocycles. The molecule has 0 atom stereocenters. The van der Waals surface area contributed by atoms with Crippen molar-refractivity contribution in [1.29, 1.82) is 0 Å². The van der Waals surface area contributed by atoms with Crippen molar-refractivity contribution in [3.63, 3.8) is 0 Å². The second kappa shape index (κ2) is 6.75. The number of nitrogens with two attached hydrogens (primary N) is 2. The van der Waals surface area contributed by atoms with Gasteiger partial charge in [-0.2, -0.15) is 0 Å². The van der Waals surface area contributed by atoms with Gasteiger partial charge < -0.3 is 15.6 Å². The van der Waals surface area contributed by atoms with Gasteiger partial charge in [0, 0.05) is 36.5 Å². The fraction of sp³-hybridized carbons (Fsp3) is 0.263. The van der Waals surface area contributed by atoms with Gasteiger partial charge >= 0.3 is 0 Å². The van der Waals surface area contributed by atoms with Crippen molar-refractivity contribution in [1.82, 2.24) is 9.91 Å². The molecule has 0 saturated heterocycles. The van der Waals surface area contributed by atoms with E-state index in [1.807, 2.05) is 24.3 Å². The van der Waals surface area contributed by atoms with E-state index in [1.54, 1.807) is 18.1 Å². The third kappa shape index (κ3) is 3.03. The Bertz CT molecular complexity index is 680. The Morgan fingerprint density at radius 1 is 1.22 bits per heavy atom. The lowest BCUT2D eigenvalue weighted by atomic mass is 9.95. The molecule has 4 heteroatoms. The maximum atomic E-state index is 6.49. The summed E-state index contributed by atoms with van der Waals surface area (Å²) in [6.45, 7) is 13.0. The standard InChI is InChI=1S/C19H26N4/c1-6-15-17(7-2)23(13(3)4)12-14-10-8-9-11-16(14)18(20)19(15)22(5)21/h6-11,13H,1-2,12,20-21H2,3-5H3/b17-15-,19-18-. The van der Waals surface area contributed by atoms with Crippen molar-refractivity contribution in [2.45, 2.75) is 26.4 Å². The molecule has 1 aliphatic rings. The minimum atomic E-state index is 0.301. The van der Waals surface area contributed by atoms with Crippen LogP contribution in [0.15, 0.2) is 66.5 Å². The number of allylic oxidation sites excluding steroid dienone is 2. The molecule has 2 rings (SSSR count). The van der Waals surface area contributed by atoms with Crippen LogP contribution in [0.2, 0.25) is 0 Å². The molecule has 1 heterocycles. The van der Waals surface area contributed by atoms with Crippen LogP contribution >= 0.6 is 0 Å². The first-order valence-corrected chi connectivity index (χ1v) is 7.75. The fourth-order valence-electron chi connectivity index (χ4n) is 3.01. The molecule has 1 aromatic carbocycles. The summed E-state index contributed by atoms with van der Waals surface area (Å²) < 4.78 is 0. The Balaban J connectivity index is 2.89. The number of hydrogen-bond acceptors (Lipinski definition) is 4. The maximum Gasteiger partial charge on any atom is 0.0843 e. The molecular formula is C19H26N4. The number of hydrogen-bond donors (Lipinski definition) is 2. The highest BCUT2D eigenvalue weighted by Gasteiger charge is 2.24. The van der Waals surface area contributed by atoms with Crippen molar-refractivity contribution in [3.05, 3.63) is 77.7 Å². The zero-order chi connectivity index (χ0) is 17.1. The molecule has 122 valence electrons. The molecule has 0 bridgehead atoms. The van der Waals surface area contributed by atoms with Gasteiger partial charge in [-0.3, -0.25) is 0 Å². The molecule has 0 radical (unpaired) electrons. The summed E-state index contributed by atoms with van der Waals surface area (Å²) in [4.78, 5) is 2.29. The van der Waals surface area contributed by atoms with Crippen LogP contribution in [0.1, 0.15) is 25.0 Å². The van der Waals surface area contributed by atoms with Crippen LogP contribution in [0, 0.1) is 0 Å². The van der Waals surface area contributed by atoms with Gasteiger partial charge in [-0.25, -0.2) is 5.84 Å². The number of benzene rings is 1. The lowest BCUT2D eigenvalue weighted by Gasteiger charge is -2.36. The van der Waals surface area contributed by atoms with Crippen LogP contribution in [0.5, 0.6) is 0 Å². The van der Waals surface area contributed by atoms with Gasteiger partial charge in [-0.15, -0.1) is 0 Å². The molecular weight excluding hydrogens is 284 g/mol. The van der Waals surface area contributed by atoms with E-state index >= 15 is 0 Å². The van der Waals surface area contributed by atoms with Crippen LogP contribution in [-0.4, -0.2) is 23.0 Å². The first-order valence-electron chi connectivity index (χ1n) is 7.75. The average molecular weight is 310 g/mol. The predicted molar refractivity (Wildman–Crippen MR) is 97.6 cm³/mol. The van der Waals surface area contributed by atoms with E-state index in [0.717, 1.165) is 29.1 Å². The highest BCUT2D eigenvalue weighted by atomic mass is 15.4. The molecule has 1 aromatic rings. The average Bonchev–Trinajstić information content (AvgIpc) is 2.51. The monoisotopic (exact) mass is 310 g/mol. The van der Waals surface area contributed by atoms with Crippen LogP contribution in [0.3, 0.4) is 0 Å². The highest BCUT2D eigenvalue weighted by Crippen LogP contribution is 2.33. The van der Waals surface area contributed by atoms with Crippen LogP contribution in [0.4, 0.5) is 0 Å². The van der Waals surface area contributed by atoms with Crippen LogP contribution in [-0.2, 0) is 6.54 Å². The zero-order valence-corrected chi connectivity index (χ0v) is 14.2. The summed E-state index contributed by atoms with van der Waals surface area (Å²) in [5.41, 5.74) is 12.0. The molecule has 1 aliphatic heterocycles. The van der Waals surface area contributed by atoms with Crippen molar-refractivity contribution in [2.75, 3.05) is 7.05 Å². The Morgan fingerprint density at radius 3 is 2.39 bits per heavy atom. The molecule has 0 fully saturated rings. The minimum absolute atomic E-state index is 0.301. The SMILES string of the molecule is C=CC1=C(\C=C)N(C(C)C)Cc2ccccc2/C(N)=C\1N(C)N. The quantitative estimate of drug-likeness (QED) is 0.663. The largest absolute Gasteiger partial charge is 0.396 e. The Hall–Kier alpha value is -2.46. The minimum Gasteiger partial charge on any atom is -0.396 e. The molecule has 0 saturated carbocycles. The maximum absolute atomic E-state index is 6.49. The second-order valence-electron chi connectivity index (χ2n) is 5.96. The van der Waals surface area contributed by atoms with E-state index in [2.05, 4.69) is 38.0 Å². The Labute approximate surface area is 139 Å². The van der Waals surface area contributed by atoms with Gasteiger partial charge in [-0.1, -0.05) is 43.5 Å². The van der Waals surface area contributed by atoms with Crippen LogP contribution < -0.4 is 11.6 Å². The highest BCUT2D eigenvalue weighted by molar-refractivity contribution is 5.74. The fourth-order valence-corrected chi connectivity index (χ4v) is 3.01. The molecule has 4 nitrogen and oxygen atoms in total. The molecule has 0 amide bonds. The third-order valence-electron chi connectivity index (χ3n) is 4.12. The van der Waals surface area contributed by atoms with Gasteiger partial charge in [0.2, 0.25) is 0 Å². The van der Waals surface area contributed by atoms with E-state index in [9.17, 15) is 0 Å². The molecule has 0 aliphatic carbocycles. The summed E-state index contributed by atoms with van der Waals surface area (Å²) in [7, 11) is 1.79. The van der Waals surface area contributed by atoms with Crippen LogP contribution in [0.25, 0.3) is 5.70 Å². The first-order chi connectivity index (χ1) is 10.9. The van der Waals surface area contributed by atoms with Gasteiger partial charge in [-0.05, 0) is 25.5 Å². The number of nitrogens with zero attached hydrogens (tertiary/aromatic N) is 2. The zero-order valence-electron chi connectivity index (χ0n) is 14.2. The summed E-state index contributed by atoms with van der Waals surface area (Å²) in [5.74, 6) is 6.10. The summed E-state index contributed by atoms with van der Waals surface area (Å²) >= 11 is 0. The lowest BCUT2D eigenvalue weighted by molar-refractivity contribution is 0.280. The predicted octanol–water partition coefficient (Wildman–Crippen LogP) is 2.97. The van der Waals surface area contributed by atoms with Crippen molar-refractivity contribution in [2.24, 2.45) is 11.6 Å². The number of hydrazine groups is 1. The summed E-state index contributed by atoms with van der Waals surface area (Å²) in [6, 6.07) is 8.46. The van der Waals surface area contributed by atoms with Crippen molar-refractivity contribution < 1.29 is 0 Å². The van der Waals surface area contributed by atoms with Crippen molar-refractivity contribution in [3.8, 4) is 0 Å². The van der Waals surface area contributed by atoms with E-state index in [4.69, 9.17) is 11.6 Å². The number of fused-ring (bicyclic) bond motifs is 1. The van der Waals surface area contributed by atoms with Gasteiger partial charge in [0.1, 0.15) is 0 Å². The second-order valence-corrected chi connectivity index (χ2v) is 5.96. The van der Waals surface area contributed by atoms with Gasteiger partial charge in [0.25, 0.3) is 0 Å². The number of likely N-dealkylation sites (N-methyl/N-ethyl adjacent to an activating group) is 1. The normalized spacial score (nSPS) is 21.5. The van der Waals surface area contributed by atoms with Gasteiger partial charge in [0.05, 0.1) is 11.4 Å². The molecule has 0 spiro atoms. The molecule has 4 N–H and O–H groups in total. The Morgan fingerprint density at radius 2 is 1.87 bits per heavy atom. The number of rotatable bonds is 4. The van der Waals surface area contributed by atoms with E-state index in [0.29, 0.717) is 11.7 Å². The smallest absolute Gasteiger partial charge is 0.0843 e. The van der Waals surface area contributed by atoms with E-state index < -0.39 is 0 Å².